The molecule has 0 unspecified atom stereocenters. The van der Waals surface area contributed by atoms with Gasteiger partial charge in [-0.05, 0) is 36.5 Å². The minimum Gasteiger partial charge on any atom is -0.197 e. The normalized spacial score (nSPS) is 16.0. The highest BCUT2D eigenvalue weighted by molar-refractivity contribution is 5.71. The molecular formula is C17H15N. The number of nitriles is 1. The zero-order valence-electron chi connectivity index (χ0n) is 10.5. The van der Waals surface area contributed by atoms with E-state index < -0.39 is 0 Å². The first-order valence-electron chi connectivity index (χ1n) is 6.33. The zero-order chi connectivity index (χ0) is 12.6. The Balaban J connectivity index is 2.13. The summed E-state index contributed by atoms with van der Waals surface area (Å²) in [5, 5.41) is 9.38. The highest BCUT2D eigenvalue weighted by atomic mass is 14.5. The van der Waals surface area contributed by atoms with Crippen molar-refractivity contribution in [1.82, 2.24) is 0 Å². The number of hydrogen-bond donors (Lipinski definition) is 0. The van der Waals surface area contributed by atoms with Crippen molar-refractivity contribution in [2.75, 3.05) is 0 Å². The van der Waals surface area contributed by atoms with Crippen LogP contribution in [0.3, 0.4) is 0 Å². The average Bonchev–Trinajstić information content (AvgIpc) is 3.21. The van der Waals surface area contributed by atoms with Gasteiger partial charge in [-0.15, -0.1) is 0 Å². The van der Waals surface area contributed by atoms with Crippen LogP contribution in [0.25, 0.3) is 11.1 Å². The first-order chi connectivity index (χ1) is 8.75. The van der Waals surface area contributed by atoms with E-state index in [9.17, 15) is 5.26 Å². The van der Waals surface area contributed by atoms with Gasteiger partial charge in [0.05, 0.1) is 11.5 Å². The maximum Gasteiger partial charge on any atom is 0.0829 e. The summed E-state index contributed by atoms with van der Waals surface area (Å²) < 4.78 is 0. The number of hydrogen-bond acceptors (Lipinski definition) is 1. The minimum absolute atomic E-state index is 0.221. The molecule has 0 atom stereocenters. The molecule has 0 spiro atoms. The number of rotatable bonds is 2. The van der Waals surface area contributed by atoms with Gasteiger partial charge in [-0.3, -0.25) is 0 Å². The number of benzene rings is 2. The van der Waals surface area contributed by atoms with E-state index in [1.54, 1.807) is 0 Å². The molecule has 18 heavy (non-hydrogen) atoms. The van der Waals surface area contributed by atoms with E-state index in [0.717, 1.165) is 12.8 Å². The summed E-state index contributed by atoms with van der Waals surface area (Å²) in [5.41, 5.74) is 4.64. The Morgan fingerprint density at radius 1 is 1.00 bits per heavy atom. The monoisotopic (exact) mass is 233 g/mol. The van der Waals surface area contributed by atoms with Crippen LogP contribution >= 0.6 is 0 Å². The Labute approximate surface area is 108 Å². The summed E-state index contributed by atoms with van der Waals surface area (Å²) >= 11 is 0. The Morgan fingerprint density at radius 2 is 1.67 bits per heavy atom. The lowest BCUT2D eigenvalue weighted by molar-refractivity contribution is 0.911. The fourth-order valence-electron chi connectivity index (χ4n) is 2.45. The van der Waals surface area contributed by atoms with E-state index in [1.807, 2.05) is 12.1 Å². The highest BCUT2D eigenvalue weighted by Gasteiger charge is 2.46. The van der Waals surface area contributed by atoms with Crippen molar-refractivity contribution in [3.63, 3.8) is 0 Å². The van der Waals surface area contributed by atoms with Gasteiger partial charge in [0.2, 0.25) is 0 Å². The second kappa shape index (κ2) is 3.99. The van der Waals surface area contributed by atoms with E-state index in [1.165, 1.54) is 22.3 Å². The van der Waals surface area contributed by atoms with Crippen molar-refractivity contribution in [3.8, 4) is 17.2 Å². The van der Waals surface area contributed by atoms with Crippen LogP contribution in [0.2, 0.25) is 0 Å². The largest absolute Gasteiger partial charge is 0.197 e. The van der Waals surface area contributed by atoms with Crippen LogP contribution in [-0.2, 0) is 5.41 Å². The molecule has 2 aromatic carbocycles. The lowest BCUT2D eigenvalue weighted by atomic mass is 9.89. The predicted molar refractivity (Wildman–Crippen MR) is 73.1 cm³/mol. The molecule has 3 rings (SSSR count). The number of nitrogens with zero attached hydrogens (tertiary/aromatic N) is 1. The lowest BCUT2D eigenvalue weighted by Crippen LogP contribution is -2.04. The van der Waals surface area contributed by atoms with Gasteiger partial charge >= 0.3 is 0 Å². The van der Waals surface area contributed by atoms with Gasteiger partial charge in [0.25, 0.3) is 0 Å². The molecular weight excluding hydrogens is 218 g/mol. The fourth-order valence-corrected chi connectivity index (χ4v) is 2.45. The third-order valence-corrected chi connectivity index (χ3v) is 3.77. The van der Waals surface area contributed by atoms with Gasteiger partial charge in [-0.1, -0.05) is 54.1 Å². The minimum atomic E-state index is -0.221. The molecule has 2 aromatic rings. The van der Waals surface area contributed by atoms with Gasteiger partial charge in [0, 0.05) is 0 Å². The summed E-state index contributed by atoms with van der Waals surface area (Å²) in [4.78, 5) is 0. The molecule has 1 fully saturated rings. The second-order valence-electron chi connectivity index (χ2n) is 5.11. The summed E-state index contributed by atoms with van der Waals surface area (Å²) in [5.74, 6) is 0. The molecule has 0 bridgehead atoms. The van der Waals surface area contributed by atoms with Crippen molar-refractivity contribution >= 4 is 0 Å². The van der Waals surface area contributed by atoms with E-state index in [4.69, 9.17) is 0 Å². The highest BCUT2D eigenvalue weighted by Crippen LogP contribution is 2.50. The smallest absolute Gasteiger partial charge is 0.0829 e. The van der Waals surface area contributed by atoms with E-state index in [0.29, 0.717) is 0 Å². The van der Waals surface area contributed by atoms with Crippen LogP contribution < -0.4 is 0 Å². The molecule has 0 aromatic heterocycles. The fraction of sp³-hybridized carbons (Fsp3) is 0.235. The topological polar surface area (TPSA) is 23.8 Å². The lowest BCUT2D eigenvalue weighted by Gasteiger charge is -2.13. The standard InChI is InChI=1S/C17H15N/c1-13-6-8-14(9-7-13)15-4-2-3-5-16(15)17(12-18)10-11-17/h2-9H,10-11H2,1H3. The van der Waals surface area contributed by atoms with E-state index in [2.05, 4.69) is 49.4 Å². The molecule has 0 aliphatic heterocycles. The summed E-state index contributed by atoms with van der Waals surface area (Å²) in [6.07, 6.45) is 1.98. The van der Waals surface area contributed by atoms with Gasteiger partial charge in [0.15, 0.2) is 0 Å². The molecule has 1 aliphatic rings. The van der Waals surface area contributed by atoms with Crippen LogP contribution in [0.15, 0.2) is 48.5 Å². The molecule has 0 saturated heterocycles. The summed E-state index contributed by atoms with van der Waals surface area (Å²) in [6, 6.07) is 19.3. The SMILES string of the molecule is Cc1ccc(-c2ccccc2C2(C#N)CC2)cc1. The Kier molecular flexibility index (Phi) is 2.45. The van der Waals surface area contributed by atoms with Gasteiger partial charge in [-0.25, -0.2) is 0 Å². The van der Waals surface area contributed by atoms with Crippen molar-refractivity contribution in [3.05, 3.63) is 59.7 Å². The maximum atomic E-state index is 9.38. The first-order valence-corrected chi connectivity index (χ1v) is 6.33. The van der Waals surface area contributed by atoms with E-state index in [-0.39, 0.29) is 5.41 Å². The molecule has 1 nitrogen and oxygen atoms in total. The average molecular weight is 233 g/mol. The van der Waals surface area contributed by atoms with E-state index >= 15 is 0 Å². The quantitative estimate of drug-likeness (QED) is 0.762. The van der Waals surface area contributed by atoms with Crippen molar-refractivity contribution in [1.29, 1.82) is 5.26 Å². The Bertz CT molecular complexity index is 613. The molecule has 0 N–H and O–H groups in total. The van der Waals surface area contributed by atoms with Crippen molar-refractivity contribution in [2.24, 2.45) is 0 Å². The van der Waals surface area contributed by atoms with Gasteiger partial charge in [-0.2, -0.15) is 5.26 Å². The molecule has 0 amide bonds. The molecule has 1 saturated carbocycles. The van der Waals surface area contributed by atoms with Gasteiger partial charge in [0.1, 0.15) is 0 Å². The zero-order valence-corrected chi connectivity index (χ0v) is 10.5. The molecule has 0 heterocycles. The molecule has 0 radical (unpaired) electrons. The summed E-state index contributed by atoms with van der Waals surface area (Å²) in [6.45, 7) is 2.09. The van der Waals surface area contributed by atoms with Gasteiger partial charge < -0.3 is 0 Å². The molecule has 1 heteroatoms. The third kappa shape index (κ3) is 1.71. The van der Waals surface area contributed by atoms with Crippen LogP contribution in [-0.4, -0.2) is 0 Å². The molecule has 1 aliphatic carbocycles. The number of aryl methyl sites for hydroxylation is 1. The predicted octanol–water partition coefficient (Wildman–Crippen LogP) is 4.22. The van der Waals surface area contributed by atoms with Crippen LogP contribution in [0.5, 0.6) is 0 Å². The van der Waals surface area contributed by atoms with Crippen molar-refractivity contribution in [2.45, 2.75) is 25.2 Å². The third-order valence-electron chi connectivity index (χ3n) is 3.77. The summed E-state index contributed by atoms with van der Waals surface area (Å²) in [7, 11) is 0. The van der Waals surface area contributed by atoms with Crippen LogP contribution in [0.4, 0.5) is 0 Å². The Hall–Kier alpha value is -2.07. The second-order valence-corrected chi connectivity index (χ2v) is 5.11. The van der Waals surface area contributed by atoms with Crippen molar-refractivity contribution < 1.29 is 0 Å². The Morgan fingerprint density at radius 3 is 2.28 bits per heavy atom. The first kappa shape index (κ1) is 11.0. The van der Waals surface area contributed by atoms with Crippen LogP contribution in [0.1, 0.15) is 24.0 Å². The molecule has 88 valence electrons. The maximum absolute atomic E-state index is 9.38. The van der Waals surface area contributed by atoms with Crippen LogP contribution in [0, 0.1) is 18.3 Å².